The monoisotopic (exact) mass is 322 g/mol. The summed E-state index contributed by atoms with van der Waals surface area (Å²) in [4.78, 5) is 10.8. The van der Waals surface area contributed by atoms with Crippen molar-refractivity contribution in [3.63, 3.8) is 0 Å². The second-order valence-electron chi connectivity index (χ2n) is 4.59. The highest BCUT2D eigenvalue weighted by molar-refractivity contribution is 7.92. The molecular formula is C15H15FN2O3S. The van der Waals surface area contributed by atoms with E-state index >= 15 is 0 Å². The number of primary amides is 1. The maximum absolute atomic E-state index is 13.3. The summed E-state index contributed by atoms with van der Waals surface area (Å²) in [6.45, 7) is -0.113. The number of nitrogens with zero attached hydrogens (tertiary/aromatic N) is 1. The molecule has 2 aromatic rings. The van der Waals surface area contributed by atoms with Crippen LogP contribution in [-0.2, 0) is 14.8 Å². The first-order valence-electron chi connectivity index (χ1n) is 6.53. The van der Waals surface area contributed by atoms with E-state index in [1.54, 1.807) is 30.3 Å². The number of nitrogens with two attached hydrogens (primary N) is 1. The number of para-hydroxylation sites is 1. The van der Waals surface area contributed by atoms with E-state index in [2.05, 4.69) is 0 Å². The maximum atomic E-state index is 13.3. The van der Waals surface area contributed by atoms with Crippen LogP contribution < -0.4 is 10.0 Å². The third-order valence-electron chi connectivity index (χ3n) is 2.99. The minimum Gasteiger partial charge on any atom is -0.370 e. The molecule has 0 saturated carbocycles. The molecule has 2 aromatic carbocycles. The highest BCUT2D eigenvalue weighted by atomic mass is 32.2. The van der Waals surface area contributed by atoms with Crippen molar-refractivity contribution in [2.24, 2.45) is 5.73 Å². The Balaban J connectivity index is 2.45. The Bertz CT molecular complexity index is 763. The fourth-order valence-corrected chi connectivity index (χ4v) is 3.45. The first-order valence-corrected chi connectivity index (χ1v) is 7.97. The van der Waals surface area contributed by atoms with E-state index in [0.29, 0.717) is 5.69 Å². The van der Waals surface area contributed by atoms with Crippen molar-refractivity contribution in [2.45, 2.75) is 11.3 Å². The van der Waals surface area contributed by atoms with Gasteiger partial charge < -0.3 is 5.73 Å². The summed E-state index contributed by atoms with van der Waals surface area (Å²) < 4.78 is 39.8. The summed E-state index contributed by atoms with van der Waals surface area (Å²) >= 11 is 0. The minimum atomic E-state index is -3.99. The van der Waals surface area contributed by atoms with Crippen LogP contribution in [0.1, 0.15) is 6.42 Å². The van der Waals surface area contributed by atoms with Crippen molar-refractivity contribution in [1.82, 2.24) is 0 Å². The van der Waals surface area contributed by atoms with Gasteiger partial charge in [-0.15, -0.1) is 0 Å². The van der Waals surface area contributed by atoms with Gasteiger partial charge in [0.05, 0.1) is 10.6 Å². The van der Waals surface area contributed by atoms with Crippen LogP contribution >= 0.6 is 0 Å². The minimum absolute atomic E-state index is 0.113. The van der Waals surface area contributed by atoms with E-state index < -0.39 is 21.7 Å². The molecule has 0 saturated heterocycles. The number of carbonyl (C=O) groups excluding carboxylic acids is 1. The first kappa shape index (κ1) is 16.0. The summed E-state index contributed by atoms with van der Waals surface area (Å²) in [5, 5.41) is 0. The van der Waals surface area contributed by atoms with E-state index in [9.17, 15) is 17.6 Å². The Kier molecular flexibility index (Phi) is 4.77. The molecule has 116 valence electrons. The Morgan fingerprint density at radius 1 is 1.09 bits per heavy atom. The molecule has 0 atom stereocenters. The molecule has 5 nitrogen and oxygen atoms in total. The molecular weight excluding hydrogens is 307 g/mol. The van der Waals surface area contributed by atoms with Gasteiger partial charge in [0.2, 0.25) is 5.91 Å². The quantitative estimate of drug-likeness (QED) is 0.882. The maximum Gasteiger partial charge on any atom is 0.264 e. The SMILES string of the molecule is NC(=O)CCN(c1ccccc1)S(=O)(=O)c1cccc(F)c1. The molecule has 0 aliphatic rings. The number of amides is 1. The third kappa shape index (κ3) is 3.62. The molecule has 0 aromatic heterocycles. The van der Waals surface area contributed by atoms with E-state index in [4.69, 9.17) is 5.73 Å². The van der Waals surface area contributed by atoms with E-state index in [1.807, 2.05) is 0 Å². The highest BCUT2D eigenvalue weighted by Crippen LogP contribution is 2.24. The largest absolute Gasteiger partial charge is 0.370 e. The van der Waals surface area contributed by atoms with Crippen LogP contribution in [-0.4, -0.2) is 20.9 Å². The normalized spacial score (nSPS) is 11.1. The van der Waals surface area contributed by atoms with Gasteiger partial charge in [-0.2, -0.15) is 0 Å². The van der Waals surface area contributed by atoms with Gasteiger partial charge in [0, 0.05) is 13.0 Å². The van der Waals surface area contributed by atoms with Crippen molar-refractivity contribution in [2.75, 3.05) is 10.8 Å². The summed E-state index contributed by atoms with van der Waals surface area (Å²) in [6.07, 6.45) is -0.135. The van der Waals surface area contributed by atoms with Crippen LogP contribution in [0.2, 0.25) is 0 Å². The number of sulfonamides is 1. The molecule has 0 bridgehead atoms. The van der Waals surface area contributed by atoms with Crippen molar-refractivity contribution in [3.05, 3.63) is 60.4 Å². The van der Waals surface area contributed by atoms with Crippen molar-refractivity contribution < 1.29 is 17.6 Å². The Hall–Kier alpha value is -2.41. The predicted octanol–water partition coefficient (Wildman–Crippen LogP) is 1.90. The molecule has 1 amide bonds. The molecule has 2 rings (SSSR count). The molecule has 0 unspecified atom stereocenters. The lowest BCUT2D eigenvalue weighted by molar-refractivity contribution is -0.117. The number of anilines is 1. The van der Waals surface area contributed by atoms with Crippen LogP contribution in [0.25, 0.3) is 0 Å². The number of rotatable bonds is 6. The Morgan fingerprint density at radius 3 is 2.36 bits per heavy atom. The standard InChI is InChI=1S/C15H15FN2O3S/c16-12-5-4-8-14(11-12)22(20,21)18(10-9-15(17)19)13-6-2-1-3-7-13/h1-8,11H,9-10H2,(H2,17,19). The fourth-order valence-electron chi connectivity index (χ4n) is 1.95. The van der Waals surface area contributed by atoms with Crippen molar-refractivity contribution in [1.29, 1.82) is 0 Å². The smallest absolute Gasteiger partial charge is 0.264 e. The van der Waals surface area contributed by atoms with Gasteiger partial charge in [0.25, 0.3) is 10.0 Å². The van der Waals surface area contributed by atoms with E-state index in [-0.39, 0.29) is 17.9 Å². The molecule has 0 heterocycles. The zero-order chi connectivity index (χ0) is 16.2. The van der Waals surface area contributed by atoms with Gasteiger partial charge in [-0.25, -0.2) is 12.8 Å². The zero-order valence-electron chi connectivity index (χ0n) is 11.6. The van der Waals surface area contributed by atoms with Crippen LogP contribution in [0.5, 0.6) is 0 Å². The van der Waals surface area contributed by atoms with Gasteiger partial charge in [0.1, 0.15) is 5.82 Å². The van der Waals surface area contributed by atoms with Gasteiger partial charge >= 0.3 is 0 Å². The summed E-state index contributed by atoms with van der Waals surface area (Å²) in [5.74, 6) is -1.26. The molecule has 7 heteroatoms. The molecule has 0 aliphatic heterocycles. The first-order chi connectivity index (χ1) is 10.4. The molecule has 2 N–H and O–H groups in total. The van der Waals surface area contributed by atoms with Gasteiger partial charge in [-0.3, -0.25) is 9.10 Å². The van der Waals surface area contributed by atoms with Gasteiger partial charge in [-0.1, -0.05) is 24.3 Å². The lowest BCUT2D eigenvalue weighted by Gasteiger charge is -2.24. The second-order valence-corrected chi connectivity index (χ2v) is 6.45. The molecule has 0 spiro atoms. The highest BCUT2D eigenvalue weighted by Gasteiger charge is 2.25. The Morgan fingerprint density at radius 2 is 1.77 bits per heavy atom. The van der Waals surface area contributed by atoms with Crippen LogP contribution in [0.4, 0.5) is 10.1 Å². The van der Waals surface area contributed by atoms with Crippen LogP contribution in [0.3, 0.4) is 0 Å². The van der Waals surface area contributed by atoms with Gasteiger partial charge in [-0.05, 0) is 30.3 Å². The molecule has 22 heavy (non-hydrogen) atoms. The number of carbonyl (C=O) groups is 1. The average Bonchev–Trinajstić information content (AvgIpc) is 2.48. The summed E-state index contributed by atoms with van der Waals surface area (Å²) in [5.41, 5.74) is 5.49. The molecule has 0 radical (unpaired) electrons. The topological polar surface area (TPSA) is 80.5 Å². The van der Waals surface area contributed by atoms with E-state index in [1.165, 1.54) is 12.1 Å². The predicted molar refractivity (Wildman–Crippen MR) is 81.2 cm³/mol. The summed E-state index contributed by atoms with van der Waals surface area (Å²) in [7, 11) is -3.99. The second kappa shape index (κ2) is 6.57. The number of halogens is 1. The lowest BCUT2D eigenvalue weighted by atomic mass is 10.3. The van der Waals surface area contributed by atoms with Gasteiger partial charge in [0.15, 0.2) is 0 Å². The Labute approximate surface area is 128 Å². The van der Waals surface area contributed by atoms with Crippen molar-refractivity contribution in [3.8, 4) is 0 Å². The number of hydrogen-bond acceptors (Lipinski definition) is 3. The number of hydrogen-bond donors (Lipinski definition) is 1. The fraction of sp³-hybridized carbons (Fsp3) is 0.133. The van der Waals surface area contributed by atoms with Crippen molar-refractivity contribution >= 4 is 21.6 Å². The van der Waals surface area contributed by atoms with Crippen LogP contribution in [0.15, 0.2) is 59.5 Å². The zero-order valence-corrected chi connectivity index (χ0v) is 12.5. The molecule has 0 aliphatic carbocycles. The molecule has 0 fully saturated rings. The lowest BCUT2D eigenvalue weighted by Crippen LogP contribution is -2.34. The average molecular weight is 322 g/mol. The summed E-state index contributed by atoms with van der Waals surface area (Å²) in [6, 6.07) is 13.0. The third-order valence-corrected chi connectivity index (χ3v) is 4.81. The van der Waals surface area contributed by atoms with E-state index in [0.717, 1.165) is 16.4 Å². The van der Waals surface area contributed by atoms with Crippen LogP contribution in [0, 0.1) is 5.82 Å². The number of benzene rings is 2.